The Morgan fingerprint density at radius 1 is 1.00 bits per heavy atom. The quantitative estimate of drug-likeness (QED) is 0.167. The van der Waals surface area contributed by atoms with Gasteiger partial charge in [0.05, 0.1) is 38.0 Å². The fourth-order valence-corrected chi connectivity index (χ4v) is 5.87. The second kappa shape index (κ2) is 13.6. The maximum Gasteiger partial charge on any atom is 0.295 e. The number of carbonyl (C=O) groups is 2. The number of morpholine rings is 1. The largest absolute Gasteiger partial charge is 0.507 e. The number of nitrogens with zero attached hydrogens (tertiary/aromatic N) is 2. The summed E-state index contributed by atoms with van der Waals surface area (Å²) in [4.78, 5) is 30.9. The summed E-state index contributed by atoms with van der Waals surface area (Å²) in [6.45, 7) is 10.8. The molecule has 0 saturated carbocycles. The first kappa shape index (κ1) is 29.9. The monoisotopic (exact) mass is 578 g/mol. The van der Waals surface area contributed by atoms with Crippen molar-refractivity contribution in [3.05, 3.63) is 58.7 Å². The predicted octanol–water partition coefficient (Wildman–Crippen LogP) is 4.73. The summed E-state index contributed by atoms with van der Waals surface area (Å²) in [6.07, 6.45) is 3.87. The second-order valence-corrected chi connectivity index (χ2v) is 11.1. The molecular weight excluding hydrogens is 536 g/mol. The van der Waals surface area contributed by atoms with Crippen molar-refractivity contribution in [1.29, 1.82) is 0 Å². The number of ketones is 1. The number of rotatable bonds is 12. The van der Waals surface area contributed by atoms with Crippen molar-refractivity contribution >= 4 is 17.4 Å². The lowest BCUT2D eigenvalue weighted by atomic mass is 9.94. The Morgan fingerprint density at radius 3 is 2.57 bits per heavy atom. The zero-order chi connectivity index (χ0) is 29.6. The van der Waals surface area contributed by atoms with E-state index < -0.39 is 17.7 Å². The Bertz CT molecular complexity index is 1320. The minimum absolute atomic E-state index is 0.0443. The van der Waals surface area contributed by atoms with Crippen LogP contribution in [0.3, 0.4) is 0 Å². The molecule has 0 spiro atoms. The number of hydrogen-bond donors (Lipinski definition) is 1. The van der Waals surface area contributed by atoms with Crippen LogP contribution >= 0.6 is 0 Å². The van der Waals surface area contributed by atoms with Gasteiger partial charge in [0.1, 0.15) is 17.6 Å². The van der Waals surface area contributed by atoms with Gasteiger partial charge in [-0.05, 0) is 61.7 Å². The number of likely N-dealkylation sites (tertiary alicyclic amines) is 1. The fourth-order valence-electron chi connectivity index (χ4n) is 5.87. The molecule has 5 rings (SSSR count). The summed E-state index contributed by atoms with van der Waals surface area (Å²) in [5.74, 6) is 0.446. The van der Waals surface area contributed by atoms with Crippen LogP contribution in [0.4, 0.5) is 0 Å². The summed E-state index contributed by atoms with van der Waals surface area (Å²) >= 11 is 0. The van der Waals surface area contributed by atoms with Gasteiger partial charge in [-0.25, -0.2) is 0 Å². The van der Waals surface area contributed by atoms with Gasteiger partial charge in [-0.15, -0.1) is 0 Å². The highest BCUT2D eigenvalue weighted by molar-refractivity contribution is 6.46. The Hall–Kier alpha value is -3.56. The van der Waals surface area contributed by atoms with Gasteiger partial charge in [0, 0.05) is 38.2 Å². The minimum atomic E-state index is -0.775. The highest BCUT2D eigenvalue weighted by Gasteiger charge is 2.46. The number of fused-ring (bicyclic) bond motifs is 1. The van der Waals surface area contributed by atoms with Crippen LogP contribution in [-0.2, 0) is 20.7 Å². The van der Waals surface area contributed by atoms with Gasteiger partial charge in [-0.3, -0.25) is 14.5 Å². The third kappa shape index (κ3) is 6.42. The Kier molecular flexibility index (Phi) is 9.69. The van der Waals surface area contributed by atoms with E-state index in [1.165, 1.54) is 0 Å². The molecule has 1 amide bonds. The lowest BCUT2D eigenvalue weighted by Crippen LogP contribution is -2.42. The number of Topliss-reactive ketones (excluding diaryl/α,β-unsaturated/α-hetero) is 1. The first-order chi connectivity index (χ1) is 20.4. The molecule has 1 N–H and O–H groups in total. The molecular formula is C33H42N2O7. The van der Waals surface area contributed by atoms with Crippen molar-refractivity contribution in [2.75, 3.05) is 52.6 Å². The van der Waals surface area contributed by atoms with Crippen molar-refractivity contribution in [1.82, 2.24) is 9.80 Å². The maximum absolute atomic E-state index is 13.6. The van der Waals surface area contributed by atoms with Crippen LogP contribution in [0.15, 0.2) is 42.0 Å². The number of ether oxygens (including phenoxy) is 4. The molecule has 0 radical (unpaired) electrons. The van der Waals surface area contributed by atoms with Crippen LogP contribution in [0.5, 0.6) is 17.2 Å². The van der Waals surface area contributed by atoms with Crippen LogP contribution in [-0.4, -0.2) is 85.3 Å². The van der Waals surface area contributed by atoms with Gasteiger partial charge >= 0.3 is 0 Å². The van der Waals surface area contributed by atoms with Crippen LogP contribution < -0.4 is 14.2 Å². The Morgan fingerprint density at radius 2 is 1.81 bits per heavy atom. The Balaban J connectivity index is 1.53. The van der Waals surface area contributed by atoms with E-state index in [0.29, 0.717) is 68.6 Å². The summed E-state index contributed by atoms with van der Waals surface area (Å²) in [7, 11) is 0. The normalized spacial score (nSPS) is 21.8. The minimum Gasteiger partial charge on any atom is -0.507 e. The van der Waals surface area contributed by atoms with E-state index in [9.17, 15) is 14.7 Å². The molecule has 2 saturated heterocycles. The highest BCUT2D eigenvalue weighted by Crippen LogP contribution is 2.43. The molecule has 3 aliphatic heterocycles. The third-order valence-electron chi connectivity index (χ3n) is 8.06. The van der Waals surface area contributed by atoms with Crippen LogP contribution in [0.25, 0.3) is 5.76 Å². The fraction of sp³-hybridized carbons (Fsp3) is 0.515. The molecule has 2 atom stereocenters. The van der Waals surface area contributed by atoms with Gasteiger partial charge in [-0.1, -0.05) is 25.8 Å². The average Bonchev–Trinajstić information content (AvgIpc) is 3.50. The number of amides is 1. The summed E-state index contributed by atoms with van der Waals surface area (Å²) in [5, 5.41) is 11.6. The smallest absolute Gasteiger partial charge is 0.295 e. The van der Waals surface area contributed by atoms with E-state index in [-0.39, 0.29) is 17.4 Å². The van der Waals surface area contributed by atoms with Crippen LogP contribution in [0, 0.1) is 0 Å². The van der Waals surface area contributed by atoms with Crippen LogP contribution in [0.1, 0.15) is 62.8 Å². The molecule has 2 aromatic rings. The number of aliphatic hydroxyl groups excluding tert-OH is 1. The number of benzene rings is 2. The average molecular weight is 579 g/mol. The molecule has 0 unspecified atom stereocenters. The lowest BCUT2D eigenvalue weighted by molar-refractivity contribution is -0.140. The number of unbranched alkanes of at least 4 members (excludes halogenated alkanes) is 2. The first-order valence-electron chi connectivity index (χ1n) is 15.2. The van der Waals surface area contributed by atoms with Crippen molar-refractivity contribution in [2.24, 2.45) is 0 Å². The van der Waals surface area contributed by atoms with Gasteiger partial charge in [0.15, 0.2) is 11.5 Å². The topological polar surface area (TPSA) is 97.8 Å². The zero-order valence-corrected chi connectivity index (χ0v) is 24.9. The second-order valence-electron chi connectivity index (χ2n) is 11.1. The predicted molar refractivity (Wildman–Crippen MR) is 159 cm³/mol. The molecule has 9 nitrogen and oxygen atoms in total. The molecule has 0 bridgehead atoms. The first-order valence-corrected chi connectivity index (χ1v) is 15.2. The Labute approximate surface area is 248 Å². The van der Waals surface area contributed by atoms with Crippen molar-refractivity contribution < 1.29 is 33.6 Å². The number of carbonyl (C=O) groups excluding carboxylic acids is 2. The number of hydrogen-bond acceptors (Lipinski definition) is 8. The standard InChI is InChI=1S/C33H42N2O7/c1-4-6-7-16-41-27-11-8-23(21-28(27)40-5-2)30-29(31(36)24-9-10-26-25(20-24)19-22(3)42-26)32(37)33(38)35(30)13-12-34-14-17-39-18-15-34/h8-11,20-22,30,36H,4-7,12-19H2,1-3H3/t22-,30-/m1/s1. The highest BCUT2D eigenvalue weighted by atomic mass is 16.5. The van der Waals surface area contributed by atoms with Crippen molar-refractivity contribution in [3.63, 3.8) is 0 Å². The van der Waals surface area contributed by atoms with E-state index in [4.69, 9.17) is 18.9 Å². The number of aliphatic hydroxyl groups is 1. The van der Waals surface area contributed by atoms with Gasteiger partial charge < -0.3 is 29.0 Å². The summed E-state index contributed by atoms with van der Waals surface area (Å²) in [6, 6.07) is 10.2. The van der Waals surface area contributed by atoms with E-state index in [0.717, 1.165) is 43.7 Å². The lowest BCUT2D eigenvalue weighted by Gasteiger charge is -2.31. The molecule has 0 aliphatic carbocycles. The molecule has 0 aromatic heterocycles. The van der Waals surface area contributed by atoms with Gasteiger partial charge in [-0.2, -0.15) is 0 Å². The summed E-state index contributed by atoms with van der Waals surface area (Å²) in [5.41, 5.74) is 2.21. The van der Waals surface area contributed by atoms with Crippen molar-refractivity contribution in [3.8, 4) is 17.2 Å². The van der Waals surface area contributed by atoms with E-state index in [1.54, 1.807) is 11.0 Å². The third-order valence-corrected chi connectivity index (χ3v) is 8.06. The zero-order valence-electron chi connectivity index (χ0n) is 24.9. The van der Waals surface area contributed by atoms with Gasteiger partial charge in [0.25, 0.3) is 11.7 Å². The molecule has 3 aliphatic rings. The van der Waals surface area contributed by atoms with E-state index >= 15 is 0 Å². The molecule has 2 fully saturated rings. The van der Waals surface area contributed by atoms with Gasteiger partial charge in [0.2, 0.25) is 0 Å². The molecule has 3 heterocycles. The molecule has 42 heavy (non-hydrogen) atoms. The molecule has 9 heteroatoms. The van der Waals surface area contributed by atoms with E-state index in [1.807, 2.05) is 44.2 Å². The molecule has 2 aromatic carbocycles. The van der Waals surface area contributed by atoms with Crippen molar-refractivity contribution in [2.45, 2.75) is 58.6 Å². The summed E-state index contributed by atoms with van der Waals surface area (Å²) < 4.78 is 23.3. The van der Waals surface area contributed by atoms with E-state index in [2.05, 4.69) is 11.8 Å². The maximum atomic E-state index is 13.6. The molecule has 226 valence electrons. The SMILES string of the molecule is CCCCCOc1ccc([C@@H]2C(=C(O)c3ccc4c(c3)C[C@@H](C)O4)C(=O)C(=O)N2CCN2CCOCC2)cc1OCC. The van der Waals surface area contributed by atoms with Crippen LogP contribution in [0.2, 0.25) is 0 Å².